The van der Waals surface area contributed by atoms with E-state index >= 15 is 0 Å². The summed E-state index contributed by atoms with van der Waals surface area (Å²) in [6.07, 6.45) is 5.05. The minimum absolute atomic E-state index is 0.558. The Morgan fingerprint density at radius 1 is 1.05 bits per heavy atom. The van der Waals surface area contributed by atoms with Gasteiger partial charge in [0, 0.05) is 12.2 Å². The van der Waals surface area contributed by atoms with Gasteiger partial charge in [-0.2, -0.15) is 5.10 Å². The van der Waals surface area contributed by atoms with Crippen LogP contribution in [0.4, 0.5) is 0 Å². The van der Waals surface area contributed by atoms with Crippen molar-refractivity contribution in [2.45, 2.75) is 51.5 Å². The molecule has 1 unspecified atom stereocenters. The van der Waals surface area contributed by atoms with Crippen LogP contribution in [0.3, 0.4) is 0 Å². The molecule has 4 heteroatoms. The predicted octanol–water partition coefficient (Wildman–Crippen LogP) is 1.89. The fourth-order valence-corrected chi connectivity index (χ4v) is 3.77. The van der Waals surface area contributed by atoms with E-state index in [9.17, 15) is 0 Å². The lowest BCUT2D eigenvalue weighted by molar-refractivity contribution is 0.340. The Labute approximate surface area is 116 Å². The smallest absolute Gasteiger partial charge is 0.0647 e. The van der Waals surface area contributed by atoms with Crippen LogP contribution >= 0.6 is 0 Å². The maximum Gasteiger partial charge on any atom is 0.0647 e. The molecule has 1 aromatic rings. The molecule has 0 aliphatic carbocycles. The van der Waals surface area contributed by atoms with Crippen molar-refractivity contribution in [2.75, 3.05) is 26.2 Å². The van der Waals surface area contributed by atoms with Gasteiger partial charge in [-0.15, -0.1) is 0 Å². The molecule has 0 spiro atoms. The molecule has 0 aromatic carbocycles. The summed E-state index contributed by atoms with van der Waals surface area (Å²) in [5.74, 6) is 0.714. The van der Waals surface area contributed by atoms with Gasteiger partial charge >= 0.3 is 0 Å². The molecular weight excluding hydrogens is 236 g/mol. The molecule has 4 nitrogen and oxygen atoms in total. The molecule has 0 radical (unpaired) electrons. The van der Waals surface area contributed by atoms with E-state index in [0.717, 1.165) is 26.2 Å². The molecule has 1 atom stereocenters. The van der Waals surface area contributed by atoms with Crippen LogP contribution < -0.4 is 10.6 Å². The van der Waals surface area contributed by atoms with Crippen LogP contribution in [-0.4, -0.2) is 36.0 Å². The number of aryl methyl sites for hydroxylation is 1. The Kier molecular flexibility index (Phi) is 3.89. The first kappa shape index (κ1) is 13.1. The second-order valence-electron chi connectivity index (χ2n) is 6.05. The molecule has 2 aliphatic heterocycles. The minimum Gasteiger partial charge on any atom is -0.317 e. The van der Waals surface area contributed by atoms with Gasteiger partial charge in [-0.3, -0.25) is 4.68 Å². The van der Waals surface area contributed by atoms with Gasteiger partial charge in [0.1, 0.15) is 0 Å². The summed E-state index contributed by atoms with van der Waals surface area (Å²) in [4.78, 5) is 0. The van der Waals surface area contributed by atoms with Gasteiger partial charge in [0.25, 0.3) is 0 Å². The molecule has 3 rings (SSSR count). The SMILES string of the molecule is Cc1nn(C2CCCNC2)c(C)c1C1CCNCC1. The first-order valence-electron chi connectivity index (χ1n) is 7.74. The van der Waals surface area contributed by atoms with Crippen LogP contribution in [-0.2, 0) is 0 Å². The quantitative estimate of drug-likeness (QED) is 0.855. The zero-order valence-electron chi connectivity index (χ0n) is 12.2. The third-order valence-electron chi connectivity index (χ3n) is 4.75. The van der Waals surface area contributed by atoms with Gasteiger partial charge in [0.05, 0.1) is 11.7 Å². The second kappa shape index (κ2) is 5.63. The highest BCUT2D eigenvalue weighted by Crippen LogP contribution is 2.32. The second-order valence-corrected chi connectivity index (χ2v) is 6.05. The summed E-state index contributed by atoms with van der Waals surface area (Å²) in [6.45, 7) is 9.01. The number of piperidine rings is 2. The van der Waals surface area contributed by atoms with Crippen molar-refractivity contribution < 1.29 is 0 Å². The highest BCUT2D eigenvalue weighted by molar-refractivity contribution is 5.29. The van der Waals surface area contributed by atoms with Crippen molar-refractivity contribution in [2.24, 2.45) is 0 Å². The minimum atomic E-state index is 0.558. The number of nitrogens with zero attached hydrogens (tertiary/aromatic N) is 2. The van der Waals surface area contributed by atoms with Gasteiger partial charge in [-0.25, -0.2) is 0 Å². The van der Waals surface area contributed by atoms with Crippen molar-refractivity contribution in [3.63, 3.8) is 0 Å². The van der Waals surface area contributed by atoms with Gasteiger partial charge in [0.2, 0.25) is 0 Å². The number of hydrogen-bond acceptors (Lipinski definition) is 3. The van der Waals surface area contributed by atoms with Gasteiger partial charge < -0.3 is 10.6 Å². The fraction of sp³-hybridized carbons (Fsp3) is 0.800. The van der Waals surface area contributed by atoms with E-state index < -0.39 is 0 Å². The van der Waals surface area contributed by atoms with Gasteiger partial charge in [-0.05, 0) is 70.6 Å². The van der Waals surface area contributed by atoms with Crippen LogP contribution in [0, 0.1) is 13.8 Å². The van der Waals surface area contributed by atoms with Crippen molar-refractivity contribution in [1.29, 1.82) is 0 Å². The van der Waals surface area contributed by atoms with E-state index in [1.165, 1.54) is 42.6 Å². The zero-order valence-corrected chi connectivity index (χ0v) is 12.2. The summed E-state index contributed by atoms with van der Waals surface area (Å²) >= 11 is 0. The monoisotopic (exact) mass is 262 g/mol. The number of aromatic nitrogens is 2. The number of rotatable bonds is 2. The molecule has 2 N–H and O–H groups in total. The Balaban J connectivity index is 1.86. The molecule has 2 aliphatic rings. The van der Waals surface area contributed by atoms with Crippen LogP contribution in [0.1, 0.15) is 54.6 Å². The summed E-state index contributed by atoms with van der Waals surface area (Å²) in [5.41, 5.74) is 4.21. The first-order chi connectivity index (χ1) is 9.27. The maximum absolute atomic E-state index is 4.87. The van der Waals surface area contributed by atoms with E-state index in [1.54, 1.807) is 0 Å². The highest BCUT2D eigenvalue weighted by atomic mass is 15.3. The molecule has 0 bridgehead atoms. The summed E-state index contributed by atoms with van der Waals surface area (Å²) in [5, 5.41) is 11.8. The van der Waals surface area contributed by atoms with Crippen molar-refractivity contribution >= 4 is 0 Å². The largest absolute Gasteiger partial charge is 0.317 e. The van der Waals surface area contributed by atoms with Crippen LogP contribution in [0.15, 0.2) is 0 Å². The average molecular weight is 262 g/mol. The Morgan fingerprint density at radius 3 is 2.53 bits per heavy atom. The molecule has 106 valence electrons. The summed E-state index contributed by atoms with van der Waals surface area (Å²) in [7, 11) is 0. The lowest BCUT2D eigenvalue weighted by Gasteiger charge is -2.26. The van der Waals surface area contributed by atoms with E-state index in [0.29, 0.717) is 12.0 Å². The Bertz CT molecular complexity index is 426. The predicted molar refractivity (Wildman–Crippen MR) is 77.7 cm³/mol. The third kappa shape index (κ3) is 2.56. The molecule has 2 fully saturated rings. The van der Waals surface area contributed by atoms with Crippen LogP contribution in [0.5, 0.6) is 0 Å². The van der Waals surface area contributed by atoms with E-state index in [1.807, 2.05) is 0 Å². The molecule has 19 heavy (non-hydrogen) atoms. The first-order valence-corrected chi connectivity index (χ1v) is 7.74. The standard InChI is InChI=1S/C15H26N4/c1-11-15(13-5-8-16-9-6-13)12(2)19(18-11)14-4-3-7-17-10-14/h13-14,16-17H,3-10H2,1-2H3. The van der Waals surface area contributed by atoms with Gasteiger partial charge in [-0.1, -0.05) is 0 Å². The molecule has 1 aromatic heterocycles. The van der Waals surface area contributed by atoms with Crippen molar-refractivity contribution in [3.05, 3.63) is 17.0 Å². The van der Waals surface area contributed by atoms with Crippen LogP contribution in [0.2, 0.25) is 0 Å². The Hall–Kier alpha value is -0.870. The van der Waals surface area contributed by atoms with Crippen LogP contribution in [0.25, 0.3) is 0 Å². The number of hydrogen-bond donors (Lipinski definition) is 2. The molecule has 3 heterocycles. The molecule has 0 amide bonds. The van der Waals surface area contributed by atoms with Crippen molar-refractivity contribution in [1.82, 2.24) is 20.4 Å². The van der Waals surface area contributed by atoms with Crippen molar-refractivity contribution in [3.8, 4) is 0 Å². The molecule has 2 saturated heterocycles. The molecule has 0 saturated carbocycles. The number of nitrogens with one attached hydrogen (secondary N) is 2. The topological polar surface area (TPSA) is 41.9 Å². The lowest BCUT2D eigenvalue weighted by Crippen LogP contribution is -2.32. The molecular formula is C15H26N4. The third-order valence-corrected chi connectivity index (χ3v) is 4.75. The summed E-state index contributed by atoms with van der Waals surface area (Å²) < 4.78 is 2.30. The average Bonchev–Trinajstić information content (AvgIpc) is 2.76. The normalized spacial score (nSPS) is 25.7. The Morgan fingerprint density at radius 2 is 1.84 bits per heavy atom. The van der Waals surface area contributed by atoms with E-state index in [-0.39, 0.29) is 0 Å². The van der Waals surface area contributed by atoms with E-state index in [2.05, 4.69) is 29.2 Å². The highest BCUT2D eigenvalue weighted by Gasteiger charge is 2.25. The summed E-state index contributed by atoms with van der Waals surface area (Å²) in [6, 6.07) is 0.558. The zero-order chi connectivity index (χ0) is 13.2. The fourth-order valence-electron chi connectivity index (χ4n) is 3.77. The maximum atomic E-state index is 4.87. The lowest BCUT2D eigenvalue weighted by atomic mass is 9.89. The van der Waals surface area contributed by atoms with Gasteiger partial charge in [0.15, 0.2) is 0 Å². The van der Waals surface area contributed by atoms with E-state index in [4.69, 9.17) is 5.10 Å².